The van der Waals surface area contributed by atoms with Gasteiger partial charge in [-0.1, -0.05) is 109 Å². The maximum atomic E-state index is 6.46. The second kappa shape index (κ2) is 9.95. The van der Waals surface area contributed by atoms with E-state index < -0.39 is 0 Å². The molecule has 2 atom stereocenters. The minimum atomic E-state index is 0.170. The van der Waals surface area contributed by atoms with Crippen molar-refractivity contribution in [1.29, 1.82) is 0 Å². The summed E-state index contributed by atoms with van der Waals surface area (Å²) in [5, 5.41) is 3.52. The summed E-state index contributed by atoms with van der Waals surface area (Å²) in [6, 6.07) is 38.8. The standard InChI is InChI=1S/C30H29NO/c1-3-8-24(9-4-1)26-16-14-23(15-17-26)22-32-30-21-31-19-18-29(30)28-13-7-12-27(20-28)25-10-5-2-6-11-25/h1-17,20,29-31H,18-19,21-22H2/t29-,30+/m1/s1. The van der Waals surface area contributed by atoms with Crippen LogP contribution < -0.4 is 5.32 Å². The van der Waals surface area contributed by atoms with Gasteiger partial charge in [-0.25, -0.2) is 0 Å². The van der Waals surface area contributed by atoms with Crippen LogP contribution in [-0.2, 0) is 11.3 Å². The average Bonchev–Trinajstić information content (AvgIpc) is 2.89. The molecule has 0 amide bonds. The van der Waals surface area contributed by atoms with E-state index in [4.69, 9.17) is 4.74 Å². The van der Waals surface area contributed by atoms with E-state index in [-0.39, 0.29) is 6.10 Å². The van der Waals surface area contributed by atoms with E-state index in [0.717, 1.165) is 19.5 Å². The van der Waals surface area contributed by atoms with Crippen molar-refractivity contribution in [3.8, 4) is 22.3 Å². The van der Waals surface area contributed by atoms with Gasteiger partial charge in [-0.15, -0.1) is 0 Å². The summed E-state index contributed by atoms with van der Waals surface area (Å²) >= 11 is 0. The molecule has 2 heteroatoms. The van der Waals surface area contributed by atoms with Crippen molar-refractivity contribution in [2.24, 2.45) is 0 Å². The molecule has 0 bridgehead atoms. The van der Waals surface area contributed by atoms with E-state index in [2.05, 4.69) is 115 Å². The Bertz CT molecular complexity index is 1120. The van der Waals surface area contributed by atoms with Gasteiger partial charge in [-0.3, -0.25) is 0 Å². The lowest BCUT2D eigenvalue weighted by Gasteiger charge is -2.33. The first-order chi connectivity index (χ1) is 15.9. The van der Waals surface area contributed by atoms with Crippen LogP contribution in [0.4, 0.5) is 0 Å². The van der Waals surface area contributed by atoms with Gasteiger partial charge in [0.15, 0.2) is 0 Å². The average molecular weight is 420 g/mol. The molecule has 1 saturated heterocycles. The zero-order chi connectivity index (χ0) is 21.6. The van der Waals surface area contributed by atoms with Gasteiger partial charge in [0.25, 0.3) is 0 Å². The Morgan fingerprint density at radius 2 is 1.28 bits per heavy atom. The molecular weight excluding hydrogens is 390 g/mol. The Morgan fingerprint density at radius 1 is 0.656 bits per heavy atom. The van der Waals surface area contributed by atoms with E-state index in [1.807, 2.05) is 0 Å². The fourth-order valence-electron chi connectivity index (χ4n) is 4.59. The molecule has 0 saturated carbocycles. The van der Waals surface area contributed by atoms with Crippen LogP contribution in [0.25, 0.3) is 22.3 Å². The topological polar surface area (TPSA) is 21.3 Å². The van der Waals surface area contributed by atoms with Crippen molar-refractivity contribution in [2.75, 3.05) is 13.1 Å². The SMILES string of the molecule is c1ccc(-c2ccc(CO[C@H]3CNCC[C@@H]3c3cccc(-c4ccccc4)c3)cc2)cc1. The number of piperidine rings is 1. The molecule has 1 aliphatic rings. The Morgan fingerprint density at radius 3 is 2.00 bits per heavy atom. The van der Waals surface area contributed by atoms with Crippen LogP contribution in [0.1, 0.15) is 23.5 Å². The van der Waals surface area contributed by atoms with Crippen molar-refractivity contribution in [1.82, 2.24) is 5.32 Å². The number of benzene rings is 4. The van der Waals surface area contributed by atoms with E-state index in [1.54, 1.807) is 0 Å². The Labute approximate surface area is 190 Å². The van der Waals surface area contributed by atoms with Gasteiger partial charge < -0.3 is 10.1 Å². The molecule has 0 aliphatic carbocycles. The number of hydrogen-bond donors (Lipinski definition) is 1. The molecule has 4 aromatic rings. The smallest absolute Gasteiger partial charge is 0.0772 e. The molecular formula is C30H29NO. The molecule has 0 radical (unpaired) electrons. The van der Waals surface area contributed by atoms with Gasteiger partial charge in [0.2, 0.25) is 0 Å². The Hall–Kier alpha value is -3.20. The third-order valence-corrected chi connectivity index (χ3v) is 6.37. The lowest BCUT2D eigenvalue weighted by Crippen LogP contribution is -2.41. The van der Waals surface area contributed by atoms with Crippen LogP contribution in [-0.4, -0.2) is 19.2 Å². The zero-order valence-electron chi connectivity index (χ0n) is 18.3. The van der Waals surface area contributed by atoms with Gasteiger partial charge in [0.1, 0.15) is 0 Å². The molecule has 0 aromatic heterocycles. The highest BCUT2D eigenvalue weighted by atomic mass is 16.5. The molecule has 1 heterocycles. The van der Waals surface area contributed by atoms with Crippen molar-refractivity contribution in [2.45, 2.75) is 25.0 Å². The highest BCUT2D eigenvalue weighted by Crippen LogP contribution is 2.31. The van der Waals surface area contributed by atoms with E-state index >= 15 is 0 Å². The fraction of sp³-hybridized carbons (Fsp3) is 0.200. The Balaban J connectivity index is 1.28. The number of ether oxygens (including phenoxy) is 1. The largest absolute Gasteiger partial charge is 0.372 e. The van der Waals surface area contributed by atoms with Gasteiger partial charge >= 0.3 is 0 Å². The van der Waals surface area contributed by atoms with Crippen LogP contribution >= 0.6 is 0 Å². The van der Waals surface area contributed by atoms with Crippen molar-refractivity contribution in [3.05, 3.63) is 120 Å². The summed E-state index contributed by atoms with van der Waals surface area (Å²) in [5.41, 5.74) is 7.61. The van der Waals surface area contributed by atoms with E-state index in [0.29, 0.717) is 12.5 Å². The number of nitrogens with one attached hydrogen (secondary N) is 1. The van der Waals surface area contributed by atoms with Crippen LogP contribution in [0.3, 0.4) is 0 Å². The quantitative estimate of drug-likeness (QED) is 0.376. The van der Waals surface area contributed by atoms with Crippen LogP contribution in [0.2, 0.25) is 0 Å². The summed E-state index contributed by atoms with van der Waals surface area (Å²) in [5.74, 6) is 0.406. The third-order valence-electron chi connectivity index (χ3n) is 6.37. The molecule has 0 spiro atoms. The molecule has 0 unspecified atom stereocenters. The lowest BCUT2D eigenvalue weighted by molar-refractivity contribution is 0.0106. The van der Waals surface area contributed by atoms with Crippen molar-refractivity contribution in [3.63, 3.8) is 0 Å². The van der Waals surface area contributed by atoms with Crippen LogP contribution in [0.15, 0.2) is 109 Å². The second-order valence-electron chi connectivity index (χ2n) is 8.50. The summed E-state index contributed by atoms with van der Waals surface area (Å²) in [7, 11) is 0. The molecule has 1 aliphatic heterocycles. The van der Waals surface area contributed by atoms with Gasteiger partial charge in [0, 0.05) is 12.5 Å². The van der Waals surface area contributed by atoms with Crippen LogP contribution in [0, 0.1) is 0 Å². The van der Waals surface area contributed by atoms with E-state index in [1.165, 1.54) is 33.4 Å². The maximum Gasteiger partial charge on any atom is 0.0772 e. The Kier molecular flexibility index (Phi) is 6.43. The van der Waals surface area contributed by atoms with Gasteiger partial charge in [0.05, 0.1) is 12.7 Å². The predicted octanol–water partition coefficient (Wildman–Crippen LogP) is 6.68. The molecule has 32 heavy (non-hydrogen) atoms. The van der Waals surface area contributed by atoms with Crippen molar-refractivity contribution < 1.29 is 4.74 Å². The molecule has 1 fully saturated rings. The zero-order valence-corrected chi connectivity index (χ0v) is 18.3. The lowest BCUT2D eigenvalue weighted by atomic mass is 9.86. The predicted molar refractivity (Wildman–Crippen MR) is 133 cm³/mol. The summed E-state index contributed by atoms with van der Waals surface area (Å²) < 4.78 is 6.46. The third kappa shape index (κ3) is 4.83. The van der Waals surface area contributed by atoms with E-state index in [9.17, 15) is 0 Å². The fourth-order valence-corrected chi connectivity index (χ4v) is 4.59. The van der Waals surface area contributed by atoms with Crippen molar-refractivity contribution >= 4 is 0 Å². The monoisotopic (exact) mass is 419 g/mol. The summed E-state index contributed by atoms with van der Waals surface area (Å²) in [4.78, 5) is 0. The molecule has 4 aromatic carbocycles. The molecule has 1 N–H and O–H groups in total. The number of rotatable bonds is 6. The summed E-state index contributed by atoms with van der Waals surface area (Å²) in [6.07, 6.45) is 1.26. The first kappa shape index (κ1) is 20.7. The first-order valence-electron chi connectivity index (χ1n) is 11.5. The highest BCUT2D eigenvalue weighted by molar-refractivity contribution is 5.64. The second-order valence-corrected chi connectivity index (χ2v) is 8.50. The van der Waals surface area contributed by atoms with Gasteiger partial charge in [-0.05, 0) is 46.3 Å². The minimum Gasteiger partial charge on any atom is -0.372 e. The first-order valence-corrected chi connectivity index (χ1v) is 11.5. The molecule has 5 rings (SSSR count). The minimum absolute atomic E-state index is 0.170. The normalized spacial score (nSPS) is 18.4. The molecule has 2 nitrogen and oxygen atoms in total. The van der Waals surface area contributed by atoms with Gasteiger partial charge in [-0.2, -0.15) is 0 Å². The maximum absolute atomic E-state index is 6.46. The van der Waals surface area contributed by atoms with Crippen LogP contribution in [0.5, 0.6) is 0 Å². The molecule has 160 valence electrons. The number of hydrogen-bond acceptors (Lipinski definition) is 2. The summed E-state index contributed by atoms with van der Waals surface area (Å²) in [6.45, 7) is 2.56. The highest BCUT2D eigenvalue weighted by Gasteiger charge is 2.27.